The lowest BCUT2D eigenvalue weighted by atomic mass is 10.1. The fourth-order valence-electron chi connectivity index (χ4n) is 1.99. The van der Waals surface area contributed by atoms with Crippen molar-refractivity contribution in [2.75, 3.05) is 26.4 Å². The Hall–Kier alpha value is -2.58. The van der Waals surface area contributed by atoms with Gasteiger partial charge in [-0.25, -0.2) is 18.4 Å². The molecular formula is C16H16F16N2O4. The number of carbonyl (C=O) groups excluding carboxylic acids is 2. The minimum absolute atomic E-state index is 0.394. The number of hydrogen-bond donors (Lipinski definition) is 2. The van der Waals surface area contributed by atoms with E-state index >= 15 is 0 Å². The molecule has 0 aliphatic heterocycles. The lowest BCUT2D eigenvalue weighted by Crippen LogP contribution is -2.60. The van der Waals surface area contributed by atoms with Gasteiger partial charge >= 0.3 is 60.4 Å². The number of alkyl halides is 16. The number of ether oxygens (including phenoxy) is 2. The van der Waals surface area contributed by atoms with Gasteiger partial charge in [0.2, 0.25) is 0 Å². The summed E-state index contributed by atoms with van der Waals surface area (Å²) >= 11 is 0. The molecule has 0 spiro atoms. The molecule has 38 heavy (non-hydrogen) atoms. The van der Waals surface area contributed by atoms with Crippen LogP contribution in [0.2, 0.25) is 0 Å². The zero-order valence-corrected chi connectivity index (χ0v) is 18.1. The standard InChI is InChI=1S/C16H16F16N2O4/c17-5-11(21,22)15(29,30)13(25,26)7(19)37-9(35)33-3-1-2-4-34-10(36)38-8(20)14(27,28)16(31,32)12(23,24)6-18/h7-8H,1-6H2,(H,33,35)(H,34,36)/t7-,8-/m0/s1. The van der Waals surface area contributed by atoms with Crippen molar-refractivity contribution >= 4 is 12.2 Å². The summed E-state index contributed by atoms with van der Waals surface area (Å²) in [4.78, 5) is 22.2. The van der Waals surface area contributed by atoms with E-state index in [0.29, 0.717) is 0 Å². The predicted octanol–water partition coefficient (Wildman–Crippen LogP) is 5.56. The SMILES string of the molecule is O=C(NCCCCNC(=O)O[C@H](F)C(F)(F)C(F)(F)C(F)(F)CF)O[C@H](F)C(F)(F)C(F)(F)C(F)(F)CF. The van der Waals surface area contributed by atoms with Crippen molar-refractivity contribution in [1.82, 2.24) is 10.6 Å². The van der Waals surface area contributed by atoms with Crippen LogP contribution < -0.4 is 10.6 Å². The molecule has 0 aromatic rings. The smallest absolute Gasteiger partial charge is 0.408 e. The molecule has 0 unspecified atom stereocenters. The molecule has 2 amide bonds. The number of alkyl carbamates (subject to hydrolysis) is 2. The number of halogens is 16. The van der Waals surface area contributed by atoms with E-state index in [1.807, 2.05) is 0 Å². The molecule has 22 heteroatoms. The Kier molecular flexibility index (Phi) is 11.7. The molecule has 0 heterocycles. The second-order valence-electron chi connectivity index (χ2n) is 7.07. The maximum atomic E-state index is 13.2. The molecule has 6 nitrogen and oxygen atoms in total. The quantitative estimate of drug-likeness (QED) is 0.190. The first-order valence-corrected chi connectivity index (χ1v) is 9.52. The highest BCUT2D eigenvalue weighted by Crippen LogP contribution is 2.49. The van der Waals surface area contributed by atoms with E-state index in [2.05, 4.69) is 9.47 Å². The van der Waals surface area contributed by atoms with Crippen molar-refractivity contribution in [3.63, 3.8) is 0 Å². The fraction of sp³-hybridized carbons (Fsp3) is 0.875. The average Bonchev–Trinajstić information content (AvgIpc) is 2.80. The summed E-state index contributed by atoms with van der Waals surface area (Å²) in [5.74, 6) is -38.1. The molecule has 0 aliphatic rings. The van der Waals surface area contributed by atoms with Crippen LogP contribution in [0.1, 0.15) is 12.8 Å². The van der Waals surface area contributed by atoms with E-state index in [1.54, 1.807) is 0 Å². The van der Waals surface area contributed by atoms with E-state index in [1.165, 1.54) is 10.6 Å². The Morgan fingerprint density at radius 1 is 0.579 bits per heavy atom. The van der Waals surface area contributed by atoms with Crippen LogP contribution in [0.25, 0.3) is 0 Å². The van der Waals surface area contributed by atoms with E-state index in [-0.39, 0.29) is 0 Å². The molecule has 2 atom stereocenters. The molecule has 2 N–H and O–H groups in total. The third kappa shape index (κ3) is 7.50. The van der Waals surface area contributed by atoms with Gasteiger partial charge < -0.3 is 20.1 Å². The van der Waals surface area contributed by atoms with Crippen molar-refractivity contribution in [3.05, 3.63) is 0 Å². The van der Waals surface area contributed by atoms with E-state index in [4.69, 9.17) is 0 Å². The summed E-state index contributed by atoms with van der Waals surface area (Å²) < 4.78 is 212. The summed E-state index contributed by atoms with van der Waals surface area (Å²) in [6, 6.07) is 0. The molecule has 0 rings (SSSR count). The topological polar surface area (TPSA) is 76.7 Å². The largest absolute Gasteiger partial charge is 0.409 e. The maximum Gasteiger partial charge on any atom is 0.409 e. The fourth-order valence-corrected chi connectivity index (χ4v) is 1.99. The van der Waals surface area contributed by atoms with E-state index < -0.39 is 99.7 Å². The van der Waals surface area contributed by atoms with Crippen molar-refractivity contribution in [3.8, 4) is 0 Å². The van der Waals surface area contributed by atoms with Crippen LogP contribution in [0, 0.1) is 0 Å². The lowest BCUT2D eigenvalue weighted by molar-refractivity contribution is -0.348. The highest BCUT2D eigenvalue weighted by atomic mass is 19.4. The first-order valence-electron chi connectivity index (χ1n) is 9.52. The molecule has 0 aromatic carbocycles. The third-order valence-electron chi connectivity index (χ3n) is 4.22. The predicted molar refractivity (Wildman–Crippen MR) is 89.6 cm³/mol. The van der Waals surface area contributed by atoms with Crippen molar-refractivity contribution < 1.29 is 89.3 Å². The number of rotatable bonds is 15. The zero-order valence-electron chi connectivity index (χ0n) is 18.1. The number of hydrogen-bond acceptors (Lipinski definition) is 4. The third-order valence-corrected chi connectivity index (χ3v) is 4.22. The molecule has 0 saturated carbocycles. The summed E-state index contributed by atoms with van der Waals surface area (Å²) in [6.07, 6.45) is -14.6. The first kappa shape index (κ1) is 35.4. The Balaban J connectivity index is 4.58. The summed E-state index contributed by atoms with van der Waals surface area (Å²) in [6.45, 7) is -8.07. The summed E-state index contributed by atoms with van der Waals surface area (Å²) in [5, 5.41) is 2.87. The van der Waals surface area contributed by atoms with Gasteiger partial charge in [0, 0.05) is 13.1 Å². The van der Waals surface area contributed by atoms with Gasteiger partial charge in [0.25, 0.3) is 0 Å². The number of amides is 2. The molecule has 0 fully saturated rings. The van der Waals surface area contributed by atoms with Gasteiger partial charge in [-0.05, 0) is 12.8 Å². The van der Waals surface area contributed by atoms with Crippen LogP contribution in [0.3, 0.4) is 0 Å². The normalized spacial score (nSPS) is 15.5. The first-order chi connectivity index (χ1) is 17.0. The van der Waals surface area contributed by atoms with Gasteiger partial charge in [-0.3, -0.25) is 0 Å². The van der Waals surface area contributed by atoms with Gasteiger partial charge in [-0.1, -0.05) is 0 Å². The van der Waals surface area contributed by atoms with Gasteiger partial charge in [-0.2, -0.15) is 61.5 Å². The lowest BCUT2D eigenvalue weighted by Gasteiger charge is -2.32. The molecule has 0 saturated heterocycles. The number of unbranched alkanes of at least 4 members (excludes halogenated alkanes) is 1. The molecule has 0 aromatic heterocycles. The zero-order chi connectivity index (χ0) is 30.4. The van der Waals surface area contributed by atoms with Crippen molar-refractivity contribution in [2.24, 2.45) is 0 Å². The Bertz CT molecular complexity index is 733. The van der Waals surface area contributed by atoms with E-state index in [9.17, 15) is 79.8 Å². The average molecular weight is 604 g/mol. The Morgan fingerprint density at radius 2 is 0.842 bits per heavy atom. The molecular weight excluding hydrogens is 588 g/mol. The second-order valence-corrected chi connectivity index (χ2v) is 7.07. The number of nitrogens with one attached hydrogen (secondary N) is 2. The Morgan fingerprint density at radius 3 is 1.08 bits per heavy atom. The van der Waals surface area contributed by atoms with Crippen LogP contribution in [-0.4, -0.2) is 86.9 Å². The molecule has 0 bridgehead atoms. The van der Waals surface area contributed by atoms with Gasteiger partial charge in [0.1, 0.15) is 0 Å². The minimum Gasteiger partial charge on any atom is -0.408 e. The number of carbonyl (C=O) groups is 2. The highest BCUT2D eigenvalue weighted by Gasteiger charge is 2.77. The summed E-state index contributed by atoms with van der Waals surface area (Å²) in [5.41, 5.74) is 0. The van der Waals surface area contributed by atoms with Crippen LogP contribution >= 0.6 is 0 Å². The molecule has 226 valence electrons. The molecule has 0 aliphatic carbocycles. The van der Waals surface area contributed by atoms with E-state index in [0.717, 1.165) is 0 Å². The van der Waals surface area contributed by atoms with Crippen LogP contribution in [0.15, 0.2) is 0 Å². The van der Waals surface area contributed by atoms with Crippen LogP contribution in [0.4, 0.5) is 79.8 Å². The van der Waals surface area contributed by atoms with Crippen molar-refractivity contribution in [2.45, 2.75) is 61.1 Å². The summed E-state index contributed by atoms with van der Waals surface area (Å²) in [7, 11) is 0. The minimum atomic E-state index is -6.62. The maximum absolute atomic E-state index is 13.2. The second kappa shape index (κ2) is 12.5. The van der Waals surface area contributed by atoms with Gasteiger partial charge in [-0.15, -0.1) is 0 Å². The Labute approximate surface area is 201 Å². The van der Waals surface area contributed by atoms with Gasteiger partial charge in [0.05, 0.1) is 0 Å². The molecule has 0 radical (unpaired) electrons. The van der Waals surface area contributed by atoms with Crippen molar-refractivity contribution in [1.29, 1.82) is 0 Å². The van der Waals surface area contributed by atoms with Gasteiger partial charge in [0.15, 0.2) is 13.3 Å². The van der Waals surface area contributed by atoms with Crippen LogP contribution in [-0.2, 0) is 9.47 Å². The monoisotopic (exact) mass is 604 g/mol. The highest BCUT2D eigenvalue weighted by molar-refractivity contribution is 5.67. The van der Waals surface area contributed by atoms with Crippen LogP contribution in [0.5, 0.6) is 0 Å².